The van der Waals surface area contributed by atoms with Gasteiger partial charge in [0, 0.05) is 62.0 Å². The van der Waals surface area contributed by atoms with Crippen molar-refractivity contribution in [3.63, 3.8) is 0 Å². The van der Waals surface area contributed by atoms with Crippen molar-refractivity contribution in [2.24, 2.45) is 0 Å². The predicted molar refractivity (Wildman–Crippen MR) is 176 cm³/mol. The standard InChI is InChI=1S/C35H40N4O5S/c1-4-7-26-8-5-6-9-30(26)38-14-16-39(17-15-38)35(40)29-23-45-34(36-29)22-37(20-25-10-13-31-33(18-25)44-24-43-31)21-27-11-12-28(41-2)19-32(27)42-3/h5-6,8-13,18-19,23H,4,7,14-17,20-22,24H2,1-3H3. The van der Waals surface area contributed by atoms with Crippen molar-refractivity contribution in [1.82, 2.24) is 14.8 Å². The number of hydrogen-bond donors (Lipinski definition) is 0. The molecule has 0 saturated carbocycles. The van der Waals surface area contributed by atoms with Crippen LogP contribution in [-0.2, 0) is 26.1 Å². The third kappa shape index (κ3) is 7.18. The lowest BCUT2D eigenvalue weighted by Gasteiger charge is -2.36. The molecule has 0 N–H and O–H groups in total. The lowest BCUT2D eigenvalue weighted by atomic mass is 10.1. The fourth-order valence-electron chi connectivity index (χ4n) is 5.97. The Balaban J connectivity index is 1.15. The summed E-state index contributed by atoms with van der Waals surface area (Å²) in [6.07, 6.45) is 2.18. The van der Waals surface area contributed by atoms with Gasteiger partial charge in [-0.15, -0.1) is 11.3 Å². The number of carbonyl (C=O) groups excluding carboxylic acids is 1. The largest absolute Gasteiger partial charge is 0.497 e. The number of aryl methyl sites for hydroxylation is 1. The zero-order valence-electron chi connectivity index (χ0n) is 26.2. The molecule has 3 aromatic carbocycles. The smallest absolute Gasteiger partial charge is 0.273 e. The maximum Gasteiger partial charge on any atom is 0.273 e. The maximum atomic E-state index is 13.5. The summed E-state index contributed by atoms with van der Waals surface area (Å²) in [6.45, 7) is 7.28. The van der Waals surface area contributed by atoms with Crippen LogP contribution in [0.5, 0.6) is 23.0 Å². The molecule has 45 heavy (non-hydrogen) atoms. The monoisotopic (exact) mass is 628 g/mol. The second kappa shape index (κ2) is 14.2. The van der Waals surface area contributed by atoms with Gasteiger partial charge in [0.05, 0.1) is 20.8 Å². The van der Waals surface area contributed by atoms with Gasteiger partial charge in [0.25, 0.3) is 5.91 Å². The summed E-state index contributed by atoms with van der Waals surface area (Å²) in [5.74, 6) is 3.02. The van der Waals surface area contributed by atoms with E-state index in [9.17, 15) is 4.79 Å². The molecule has 1 amide bonds. The molecule has 1 aromatic heterocycles. The molecule has 1 saturated heterocycles. The summed E-state index contributed by atoms with van der Waals surface area (Å²) in [6, 6.07) is 20.5. The first-order valence-electron chi connectivity index (χ1n) is 15.4. The number of rotatable bonds is 12. The van der Waals surface area contributed by atoms with Gasteiger partial charge in [0.1, 0.15) is 22.2 Å². The van der Waals surface area contributed by atoms with Crippen LogP contribution in [0.15, 0.2) is 66.0 Å². The fourth-order valence-corrected chi connectivity index (χ4v) is 6.78. The number of benzene rings is 3. The normalized spacial score (nSPS) is 14.2. The zero-order chi connectivity index (χ0) is 31.2. The first kappa shape index (κ1) is 30.7. The Morgan fingerprint density at radius 3 is 2.53 bits per heavy atom. The Kier molecular flexibility index (Phi) is 9.71. The van der Waals surface area contributed by atoms with E-state index >= 15 is 0 Å². The molecule has 1 fully saturated rings. The van der Waals surface area contributed by atoms with E-state index in [0.717, 1.165) is 65.1 Å². The van der Waals surface area contributed by atoms with Crippen LogP contribution in [0.4, 0.5) is 5.69 Å². The first-order chi connectivity index (χ1) is 22.0. The molecule has 3 heterocycles. The summed E-state index contributed by atoms with van der Waals surface area (Å²) in [5.41, 5.74) is 5.31. The summed E-state index contributed by atoms with van der Waals surface area (Å²) in [7, 11) is 3.32. The summed E-state index contributed by atoms with van der Waals surface area (Å²) in [5, 5.41) is 2.78. The van der Waals surface area contributed by atoms with Gasteiger partial charge in [-0.25, -0.2) is 4.98 Å². The molecule has 6 rings (SSSR count). The minimum atomic E-state index is -0.00172. The lowest BCUT2D eigenvalue weighted by Crippen LogP contribution is -2.49. The summed E-state index contributed by atoms with van der Waals surface area (Å²) >= 11 is 1.53. The average molecular weight is 629 g/mol. The molecule has 0 aliphatic carbocycles. The second-order valence-electron chi connectivity index (χ2n) is 11.3. The van der Waals surface area contributed by atoms with Crippen molar-refractivity contribution in [2.75, 3.05) is 52.1 Å². The number of anilines is 1. The predicted octanol–water partition coefficient (Wildman–Crippen LogP) is 6.01. The second-order valence-corrected chi connectivity index (χ2v) is 12.2. The van der Waals surface area contributed by atoms with Gasteiger partial charge in [-0.1, -0.05) is 43.7 Å². The molecule has 2 aliphatic rings. The topological polar surface area (TPSA) is 76.6 Å². The number of fused-ring (bicyclic) bond motifs is 1. The third-order valence-electron chi connectivity index (χ3n) is 8.28. The van der Waals surface area contributed by atoms with Crippen molar-refractivity contribution in [1.29, 1.82) is 0 Å². The number of para-hydroxylation sites is 1. The average Bonchev–Trinajstić information content (AvgIpc) is 3.75. The third-order valence-corrected chi connectivity index (χ3v) is 9.11. The van der Waals surface area contributed by atoms with Crippen molar-refractivity contribution in [3.05, 3.63) is 93.4 Å². The number of ether oxygens (including phenoxy) is 4. The molecule has 0 radical (unpaired) electrons. The van der Waals surface area contributed by atoms with Crippen molar-refractivity contribution >= 4 is 22.9 Å². The molecule has 0 unspecified atom stereocenters. The minimum absolute atomic E-state index is 0.00172. The van der Waals surface area contributed by atoms with Gasteiger partial charge < -0.3 is 28.7 Å². The number of nitrogens with zero attached hydrogens (tertiary/aromatic N) is 4. The highest BCUT2D eigenvalue weighted by atomic mass is 32.1. The summed E-state index contributed by atoms with van der Waals surface area (Å²) < 4.78 is 22.2. The Hall–Kier alpha value is -4.28. The quantitative estimate of drug-likeness (QED) is 0.189. The van der Waals surface area contributed by atoms with Crippen molar-refractivity contribution in [3.8, 4) is 23.0 Å². The SMILES string of the molecule is CCCc1ccccc1N1CCN(C(=O)c2csc(CN(Cc3ccc4c(c3)OCO4)Cc3ccc(OC)cc3OC)n2)CC1. The zero-order valence-corrected chi connectivity index (χ0v) is 27.0. The molecular formula is C35H40N4O5S. The molecule has 9 nitrogen and oxygen atoms in total. The molecule has 0 spiro atoms. The fraction of sp³-hybridized carbons (Fsp3) is 0.371. The van der Waals surface area contributed by atoms with Crippen molar-refractivity contribution < 1.29 is 23.7 Å². The van der Waals surface area contributed by atoms with Gasteiger partial charge in [0.15, 0.2) is 11.5 Å². The van der Waals surface area contributed by atoms with E-state index in [4.69, 9.17) is 23.9 Å². The minimum Gasteiger partial charge on any atom is -0.497 e. The summed E-state index contributed by atoms with van der Waals surface area (Å²) in [4.78, 5) is 25.0. The van der Waals surface area contributed by atoms with E-state index in [1.165, 1.54) is 22.6 Å². The van der Waals surface area contributed by atoms with Crippen LogP contribution in [0.3, 0.4) is 0 Å². The van der Waals surface area contributed by atoms with Gasteiger partial charge >= 0.3 is 0 Å². The lowest BCUT2D eigenvalue weighted by molar-refractivity contribution is 0.0741. The van der Waals surface area contributed by atoms with Crippen LogP contribution in [0, 0.1) is 0 Å². The van der Waals surface area contributed by atoms with Crippen LogP contribution >= 0.6 is 11.3 Å². The van der Waals surface area contributed by atoms with Crippen LogP contribution < -0.4 is 23.8 Å². The van der Waals surface area contributed by atoms with Crippen LogP contribution in [-0.4, -0.2) is 67.9 Å². The van der Waals surface area contributed by atoms with Crippen LogP contribution in [0.2, 0.25) is 0 Å². The Labute approximate surface area is 268 Å². The highest BCUT2D eigenvalue weighted by molar-refractivity contribution is 7.09. The highest BCUT2D eigenvalue weighted by Gasteiger charge is 2.25. The van der Waals surface area contributed by atoms with Gasteiger partial charge in [-0.3, -0.25) is 9.69 Å². The van der Waals surface area contributed by atoms with Gasteiger partial charge in [0.2, 0.25) is 6.79 Å². The Morgan fingerprint density at radius 2 is 1.73 bits per heavy atom. The van der Waals surface area contributed by atoms with Crippen LogP contribution in [0.1, 0.15) is 45.5 Å². The maximum absolute atomic E-state index is 13.5. The van der Waals surface area contributed by atoms with E-state index in [2.05, 4.69) is 47.1 Å². The Morgan fingerprint density at radius 1 is 0.911 bits per heavy atom. The number of hydrogen-bond acceptors (Lipinski definition) is 9. The van der Waals surface area contributed by atoms with Crippen LogP contribution in [0.25, 0.3) is 0 Å². The molecule has 236 valence electrons. The molecule has 4 aromatic rings. The van der Waals surface area contributed by atoms with E-state index in [-0.39, 0.29) is 12.7 Å². The highest BCUT2D eigenvalue weighted by Crippen LogP contribution is 2.34. The Bertz CT molecular complexity index is 1620. The van der Waals surface area contributed by atoms with E-state index < -0.39 is 0 Å². The number of thiazole rings is 1. The number of amides is 1. The van der Waals surface area contributed by atoms with Gasteiger partial charge in [-0.2, -0.15) is 0 Å². The van der Waals surface area contributed by atoms with E-state index in [1.807, 2.05) is 40.6 Å². The van der Waals surface area contributed by atoms with E-state index in [0.29, 0.717) is 38.4 Å². The molecule has 10 heteroatoms. The number of piperazine rings is 1. The number of methoxy groups -OCH3 is 2. The van der Waals surface area contributed by atoms with Crippen molar-refractivity contribution in [2.45, 2.75) is 39.4 Å². The molecular weight excluding hydrogens is 588 g/mol. The van der Waals surface area contributed by atoms with E-state index in [1.54, 1.807) is 14.2 Å². The molecule has 2 aliphatic heterocycles. The molecule has 0 bridgehead atoms. The molecule has 0 atom stereocenters. The van der Waals surface area contributed by atoms with Gasteiger partial charge in [-0.05, 0) is 41.8 Å². The number of aromatic nitrogens is 1. The first-order valence-corrected chi connectivity index (χ1v) is 16.3. The number of carbonyl (C=O) groups is 1.